The van der Waals surface area contributed by atoms with Gasteiger partial charge < -0.3 is 10.1 Å². The molecule has 0 aromatic heterocycles. The number of fused-ring (bicyclic) bond motifs is 1. The molecule has 3 rings (SSSR count). The van der Waals surface area contributed by atoms with Crippen molar-refractivity contribution in [2.24, 2.45) is 0 Å². The first-order valence-electron chi connectivity index (χ1n) is 6.63. The Balaban J connectivity index is 1.71. The van der Waals surface area contributed by atoms with E-state index in [0.29, 0.717) is 17.6 Å². The summed E-state index contributed by atoms with van der Waals surface area (Å²) in [5.41, 5.74) is 2.12. The Morgan fingerprint density at radius 2 is 2.10 bits per heavy atom. The van der Waals surface area contributed by atoms with E-state index in [0.717, 1.165) is 17.7 Å². The number of benzene rings is 2. The largest absolute Gasteiger partial charge is 0.493 e. The maximum absolute atomic E-state index is 13.5. The van der Waals surface area contributed by atoms with Crippen LogP contribution in [0.5, 0.6) is 5.75 Å². The van der Waals surface area contributed by atoms with Gasteiger partial charge in [0.2, 0.25) is 0 Å². The number of ether oxygens (including phenoxy) is 1. The fourth-order valence-corrected chi connectivity index (χ4v) is 2.69. The molecule has 4 heteroatoms. The number of para-hydroxylation sites is 1. The highest BCUT2D eigenvalue weighted by molar-refractivity contribution is 9.10. The first kappa shape index (κ1) is 13.6. The van der Waals surface area contributed by atoms with Crippen LogP contribution in [0, 0.1) is 5.82 Å². The fourth-order valence-electron chi connectivity index (χ4n) is 2.44. The molecule has 2 aromatic carbocycles. The molecule has 1 aliphatic heterocycles. The first-order valence-corrected chi connectivity index (χ1v) is 7.42. The molecule has 2 aromatic rings. The molecule has 0 amide bonds. The van der Waals surface area contributed by atoms with E-state index in [2.05, 4.69) is 27.3 Å². The standard InChI is InChI=1S/C16H15BrFNO/c17-13-6-5-11(9-14(13)18)10-19-15-7-8-20-16-4-2-1-3-12(15)16/h1-6,9,15,19H,7-8,10H2. The number of hydrogen-bond donors (Lipinski definition) is 1. The molecule has 1 N–H and O–H groups in total. The van der Waals surface area contributed by atoms with Crippen LogP contribution >= 0.6 is 15.9 Å². The summed E-state index contributed by atoms with van der Waals surface area (Å²) in [6, 6.07) is 13.5. The predicted molar refractivity (Wildman–Crippen MR) is 80.2 cm³/mol. The summed E-state index contributed by atoms with van der Waals surface area (Å²) in [4.78, 5) is 0. The molecular weight excluding hydrogens is 321 g/mol. The summed E-state index contributed by atoms with van der Waals surface area (Å²) in [6.45, 7) is 1.35. The molecule has 0 fully saturated rings. The zero-order valence-electron chi connectivity index (χ0n) is 10.9. The molecule has 1 atom stereocenters. The quantitative estimate of drug-likeness (QED) is 0.907. The summed E-state index contributed by atoms with van der Waals surface area (Å²) < 4.78 is 19.6. The molecule has 1 aliphatic rings. The third-order valence-electron chi connectivity index (χ3n) is 3.50. The molecule has 0 saturated heterocycles. The van der Waals surface area contributed by atoms with Crippen molar-refractivity contribution in [3.8, 4) is 5.75 Å². The number of hydrogen-bond acceptors (Lipinski definition) is 2. The van der Waals surface area contributed by atoms with Gasteiger partial charge in [0.15, 0.2) is 0 Å². The molecule has 104 valence electrons. The molecule has 1 unspecified atom stereocenters. The highest BCUT2D eigenvalue weighted by atomic mass is 79.9. The van der Waals surface area contributed by atoms with Gasteiger partial charge in [0.05, 0.1) is 11.1 Å². The van der Waals surface area contributed by atoms with Gasteiger partial charge in [-0.25, -0.2) is 4.39 Å². The molecule has 0 saturated carbocycles. The zero-order valence-corrected chi connectivity index (χ0v) is 12.5. The Morgan fingerprint density at radius 3 is 2.95 bits per heavy atom. The van der Waals surface area contributed by atoms with E-state index in [-0.39, 0.29) is 11.9 Å². The van der Waals surface area contributed by atoms with Gasteiger partial charge in [-0.3, -0.25) is 0 Å². The van der Waals surface area contributed by atoms with Crippen molar-refractivity contribution in [3.63, 3.8) is 0 Å². The normalized spacial score (nSPS) is 17.4. The lowest BCUT2D eigenvalue weighted by atomic mass is 10.0. The van der Waals surface area contributed by atoms with Crippen LogP contribution in [-0.2, 0) is 6.54 Å². The average Bonchev–Trinajstić information content (AvgIpc) is 2.48. The van der Waals surface area contributed by atoms with E-state index in [1.807, 2.05) is 24.3 Å². The maximum Gasteiger partial charge on any atom is 0.137 e. The van der Waals surface area contributed by atoms with Gasteiger partial charge in [0, 0.05) is 24.6 Å². The van der Waals surface area contributed by atoms with Crippen LogP contribution in [0.3, 0.4) is 0 Å². The van der Waals surface area contributed by atoms with Crippen LogP contribution in [0.25, 0.3) is 0 Å². The monoisotopic (exact) mass is 335 g/mol. The highest BCUT2D eigenvalue weighted by Gasteiger charge is 2.20. The van der Waals surface area contributed by atoms with Crippen molar-refractivity contribution >= 4 is 15.9 Å². The average molecular weight is 336 g/mol. The Morgan fingerprint density at radius 1 is 1.25 bits per heavy atom. The van der Waals surface area contributed by atoms with Gasteiger partial charge in [0.1, 0.15) is 11.6 Å². The molecule has 20 heavy (non-hydrogen) atoms. The molecule has 0 spiro atoms. The van der Waals surface area contributed by atoms with E-state index in [9.17, 15) is 4.39 Å². The molecule has 2 nitrogen and oxygen atoms in total. The van der Waals surface area contributed by atoms with Crippen molar-refractivity contribution in [1.82, 2.24) is 5.32 Å². The van der Waals surface area contributed by atoms with E-state index in [1.165, 1.54) is 5.56 Å². The smallest absolute Gasteiger partial charge is 0.137 e. The summed E-state index contributed by atoms with van der Waals surface area (Å²) in [6.07, 6.45) is 0.927. The molecule has 0 radical (unpaired) electrons. The van der Waals surface area contributed by atoms with Gasteiger partial charge in [-0.15, -0.1) is 0 Å². The second-order valence-corrected chi connectivity index (χ2v) is 5.71. The summed E-state index contributed by atoms with van der Waals surface area (Å²) in [5.74, 6) is 0.718. The summed E-state index contributed by atoms with van der Waals surface area (Å²) in [5, 5.41) is 3.48. The Hall–Kier alpha value is -1.39. The lowest BCUT2D eigenvalue weighted by molar-refractivity contribution is 0.252. The Bertz CT molecular complexity index is 617. The van der Waals surface area contributed by atoms with E-state index < -0.39 is 0 Å². The minimum atomic E-state index is -0.225. The Kier molecular flexibility index (Phi) is 4.03. The minimum Gasteiger partial charge on any atom is -0.493 e. The van der Waals surface area contributed by atoms with E-state index in [4.69, 9.17) is 4.74 Å². The van der Waals surface area contributed by atoms with E-state index >= 15 is 0 Å². The van der Waals surface area contributed by atoms with Crippen molar-refractivity contribution in [1.29, 1.82) is 0 Å². The first-order chi connectivity index (χ1) is 9.74. The third-order valence-corrected chi connectivity index (χ3v) is 4.14. The van der Waals surface area contributed by atoms with Gasteiger partial charge in [-0.1, -0.05) is 24.3 Å². The highest BCUT2D eigenvalue weighted by Crippen LogP contribution is 2.31. The van der Waals surface area contributed by atoms with E-state index in [1.54, 1.807) is 12.1 Å². The van der Waals surface area contributed by atoms with Crippen molar-refractivity contribution in [3.05, 3.63) is 63.9 Å². The van der Waals surface area contributed by atoms with Crippen LogP contribution in [0.15, 0.2) is 46.9 Å². The molecular formula is C16H15BrFNO. The maximum atomic E-state index is 13.5. The summed E-state index contributed by atoms with van der Waals surface area (Å²) in [7, 11) is 0. The van der Waals surface area contributed by atoms with Crippen LogP contribution in [0.4, 0.5) is 4.39 Å². The van der Waals surface area contributed by atoms with Gasteiger partial charge in [-0.05, 0) is 39.7 Å². The minimum absolute atomic E-state index is 0.225. The number of nitrogens with one attached hydrogen (secondary N) is 1. The van der Waals surface area contributed by atoms with Crippen molar-refractivity contribution in [2.45, 2.75) is 19.0 Å². The van der Waals surface area contributed by atoms with Crippen LogP contribution < -0.4 is 10.1 Å². The molecule has 1 heterocycles. The topological polar surface area (TPSA) is 21.3 Å². The van der Waals surface area contributed by atoms with Crippen LogP contribution in [-0.4, -0.2) is 6.61 Å². The van der Waals surface area contributed by atoms with Crippen LogP contribution in [0.1, 0.15) is 23.6 Å². The van der Waals surface area contributed by atoms with Gasteiger partial charge in [-0.2, -0.15) is 0 Å². The van der Waals surface area contributed by atoms with Gasteiger partial charge in [0.25, 0.3) is 0 Å². The molecule has 0 bridgehead atoms. The fraction of sp³-hybridized carbons (Fsp3) is 0.250. The van der Waals surface area contributed by atoms with Crippen LogP contribution in [0.2, 0.25) is 0 Å². The lowest BCUT2D eigenvalue weighted by Gasteiger charge is -2.26. The summed E-state index contributed by atoms with van der Waals surface area (Å²) >= 11 is 3.17. The SMILES string of the molecule is Fc1cc(CNC2CCOc3ccccc32)ccc1Br. The Labute approximate surface area is 126 Å². The third kappa shape index (κ3) is 2.86. The number of rotatable bonds is 3. The van der Waals surface area contributed by atoms with Gasteiger partial charge >= 0.3 is 0 Å². The lowest BCUT2D eigenvalue weighted by Crippen LogP contribution is -2.26. The second kappa shape index (κ2) is 5.94. The second-order valence-electron chi connectivity index (χ2n) is 4.86. The zero-order chi connectivity index (χ0) is 13.9. The molecule has 0 aliphatic carbocycles. The predicted octanol–water partition coefficient (Wildman–Crippen LogP) is 4.20. The van der Waals surface area contributed by atoms with Crippen molar-refractivity contribution < 1.29 is 9.13 Å². The van der Waals surface area contributed by atoms with Crippen molar-refractivity contribution in [2.75, 3.05) is 6.61 Å². The number of halogens is 2.